The molecule has 0 saturated carbocycles. The molecule has 2 aromatic rings. The number of imide groups is 1. The first-order chi connectivity index (χ1) is 11.8. The van der Waals surface area contributed by atoms with E-state index in [0.29, 0.717) is 5.06 Å². The van der Waals surface area contributed by atoms with Gasteiger partial charge in [-0.25, -0.2) is 9.78 Å². The molecular formula is C16H9F3N2O4. The number of benzene rings is 1. The second-order valence-corrected chi connectivity index (χ2v) is 5.10. The number of carbonyl (C=O) groups excluding carboxylic acids is 3. The summed E-state index contributed by atoms with van der Waals surface area (Å²) < 4.78 is 37.8. The maximum atomic E-state index is 12.6. The summed E-state index contributed by atoms with van der Waals surface area (Å²) in [6.07, 6.45) is -5.28. The van der Waals surface area contributed by atoms with E-state index < -0.39 is 36.1 Å². The molecule has 9 heteroatoms. The number of pyridine rings is 1. The molecule has 0 saturated heterocycles. The summed E-state index contributed by atoms with van der Waals surface area (Å²) in [7, 11) is 0. The van der Waals surface area contributed by atoms with E-state index in [0.717, 1.165) is 12.1 Å². The molecule has 0 radical (unpaired) electrons. The number of halogens is 3. The highest BCUT2D eigenvalue weighted by Gasteiger charge is 2.38. The Labute approximate surface area is 138 Å². The molecular weight excluding hydrogens is 341 g/mol. The van der Waals surface area contributed by atoms with Crippen molar-refractivity contribution in [2.45, 2.75) is 12.6 Å². The third-order valence-electron chi connectivity index (χ3n) is 3.37. The number of fused-ring (bicyclic) bond motifs is 1. The van der Waals surface area contributed by atoms with Crippen LogP contribution in [-0.2, 0) is 22.2 Å². The SMILES string of the molecule is O=C(Cc1cccc(C(F)(F)F)n1)ON1C(=O)c2ccccc2C1=O. The number of hydroxylamine groups is 2. The third-order valence-corrected chi connectivity index (χ3v) is 3.37. The lowest BCUT2D eigenvalue weighted by molar-refractivity contribution is -0.167. The van der Waals surface area contributed by atoms with Crippen LogP contribution in [0.3, 0.4) is 0 Å². The summed E-state index contributed by atoms with van der Waals surface area (Å²) in [5, 5.41) is 0.292. The van der Waals surface area contributed by atoms with Crippen LogP contribution < -0.4 is 0 Å². The number of rotatable bonds is 3. The second-order valence-electron chi connectivity index (χ2n) is 5.10. The Bertz CT molecular complexity index is 845. The van der Waals surface area contributed by atoms with Crippen LogP contribution in [0.1, 0.15) is 32.1 Å². The van der Waals surface area contributed by atoms with E-state index in [2.05, 4.69) is 4.98 Å². The van der Waals surface area contributed by atoms with Gasteiger partial charge in [-0.15, -0.1) is 0 Å². The average Bonchev–Trinajstić information content (AvgIpc) is 2.80. The fourth-order valence-electron chi connectivity index (χ4n) is 2.27. The Morgan fingerprint density at radius 2 is 1.60 bits per heavy atom. The fourth-order valence-corrected chi connectivity index (χ4v) is 2.27. The minimum Gasteiger partial charge on any atom is -0.329 e. The lowest BCUT2D eigenvalue weighted by atomic mass is 10.1. The Hall–Kier alpha value is -3.23. The van der Waals surface area contributed by atoms with Crippen molar-refractivity contribution in [3.05, 3.63) is 65.0 Å². The van der Waals surface area contributed by atoms with Crippen LogP contribution >= 0.6 is 0 Å². The molecule has 2 heterocycles. The molecule has 0 spiro atoms. The van der Waals surface area contributed by atoms with Crippen molar-refractivity contribution >= 4 is 17.8 Å². The number of amides is 2. The maximum Gasteiger partial charge on any atom is 0.433 e. The number of carbonyl (C=O) groups is 3. The molecule has 1 aromatic heterocycles. The number of hydrogen-bond acceptors (Lipinski definition) is 5. The first-order valence-corrected chi connectivity index (χ1v) is 6.99. The lowest BCUT2D eigenvalue weighted by Gasteiger charge is -2.13. The molecule has 1 aliphatic heterocycles. The number of nitrogens with zero attached hydrogens (tertiary/aromatic N) is 2. The van der Waals surface area contributed by atoms with Crippen LogP contribution in [0.2, 0.25) is 0 Å². The van der Waals surface area contributed by atoms with Crippen molar-refractivity contribution in [1.82, 2.24) is 10.0 Å². The van der Waals surface area contributed by atoms with E-state index in [1.54, 1.807) is 12.1 Å². The van der Waals surface area contributed by atoms with Gasteiger partial charge in [-0.1, -0.05) is 23.3 Å². The normalized spacial score (nSPS) is 13.8. The fraction of sp³-hybridized carbons (Fsp3) is 0.125. The Morgan fingerprint density at radius 3 is 2.16 bits per heavy atom. The maximum absolute atomic E-state index is 12.6. The topological polar surface area (TPSA) is 76.6 Å². The van der Waals surface area contributed by atoms with E-state index in [4.69, 9.17) is 4.84 Å². The van der Waals surface area contributed by atoms with Crippen molar-refractivity contribution in [2.24, 2.45) is 0 Å². The standard InChI is InChI=1S/C16H9F3N2O4/c17-16(18,19)12-7-3-4-9(20-12)8-13(22)25-21-14(23)10-5-1-2-6-11(10)15(21)24/h1-7H,8H2. The van der Waals surface area contributed by atoms with Crippen LogP contribution in [-0.4, -0.2) is 27.8 Å². The minimum atomic E-state index is -4.65. The van der Waals surface area contributed by atoms with Crippen molar-refractivity contribution in [3.8, 4) is 0 Å². The summed E-state index contributed by atoms with van der Waals surface area (Å²) in [6.45, 7) is 0. The molecule has 3 rings (SSSR count). The summed E-state index contributed by atoms with van der Waals surface area (Å²) in [5.41, 5.74) is -1.19. The van der Waals surface area contributed by atoms with Gasteiger partial charge in [0.05, 0.1) is 23.2 Å². The Morgan fingerprint density at radius 1 is 1.00 bits per heavy atom. The van der Waals surface area contributed by atoms with Crippen molar-refractivity contribution in [3.63, 3.8) is 0 Å². The number of aromatic nitrogens is 1. The molecule has 0 unspecified atom stereocenters. The minimum absolute atomic E-state index is 0.0810. The zero-order valence-corrected chi connectivity index (χ0v) is 12.4. The van der Waals surface area contributed by atoms with Gasteiger partial charge in [-0.05, 0) is 24.3 Å². The Kier molecular flexibility index (Phi) is 3.99. The molecule has 0 atom stereocenters. The smallest absolute Gasteiger partial charge is 0.329 e. The average molecular weight is 350 g/mol. The van der Waals surface area contributed by atoms with Crippen molar-refractivity contribution < 1.29 is 32.4 Å². The van der Waals surface area contributed by atoms with Crippen molar-refractivity contribution in [1.29, 1.82) is 0 Å². The first-order valence-electron chi connectivity index (χ1n) is 6.99. The molecule has 0 aliphatic carbocycles. The third kappa shape index (κ3) is 3.21. The molecule has 1 aliphatic rings. The van der Waals surface area contributed by atoms with Gasteiger partial charge in [0.25, 0.3) is 11.8 Å². The molecule has 0 bridgehead atoms. The van der Waals surface area contributed by atoms with E-state index in [9.17, 15) is 27.6 Å². The van der Waals surface area contributed by atoms with E-state index in [1.165, 1.54) is 18.2 Å². The van der Waals surface area contributed by atoms with E-state index in [1.807, 2.05) is 0 Å². The lowest BCUT2D eigenvalue weighted by Crippen LogP contribution is -2.33. The van der Waals surface area contributed by atoms with E-state index in [-0.39, 0.29) is 16.8 Å². The monoisotopic (exact) mass is 350 g/mol. The quantitative estimate of drug-likeness (QED) is 0.795. The van der Waals surface area contributed by atoms with Gasteiger partial charge in [-0.2, -0.15) is 13.2 Å². The molecule has 0 N–H and O–H groups in total. The molecule has 0 fully saturated rings. The summed E-state index contributed by atoms with van der Waals surface area (Å²) >= 11 is 0. The van der Waals surface area contributed by atoms with Crippen LogP contribution in [0.25, 0.3) is 0 Å². The zero-order valence-electron chi connectivity index (χ0n) is 12.4. The van der Waals surface area contributed by atoms with Gasteiger partial charge in [0.1, 0.15) is 5.69 Å². The first kappa shape index (κ1) is 16.6. The zero-order chi connectivity index (χ0) is 18.2. The largest absolute Gasteiger partial charge is 0.433 e. The predicted octanol–water partition coefficient (Wildman–Crippen LogP) is 2.40. The molecule has 25 heavy (non-hydrogen) atoms. The summed E-state index contributed by atoms with van der Waals surface area (Å²) in [4.78, 5) is 44.0. The summed E-state index contributed by atoms with van der Waals surface area (Å²) in [5.74, 6) is -2.71. The Balaban J connectivity index is 1.72. The number of alkyl halides is 3. The van der Waals surface area contributed by atoms with Crippen LogP contribution in [0.4, 0.5) is 13.2 Å². The molecule has 6 nitrogen and oxygen atoms in total. The van der Waals surface area contributed by atoms with Gasteiger partial charge in [0.2, 0.25) is 0 Å². The van der Waals surface area contributed by atoms with Crippen LogP contribution in [0.15, 0.2) is 42.5 Å². The molecule has 2 amide bonds. The highest BCUT2D eigenvalue weighted by Crippen LogP contribution is 2.27. The number of hydrogen-bond donors (Lipinski definition) is 0. The van der Waals surface area contributed by atoms with Gasteiger partial charge in [-0.3, -0.25) is 9.59 Å². The van der Waals surface area contributed by atoms with Crippen LogP contribution in [0.5, 0.6) is 0 Å². The second kappa shape index (κ2) is 6.00. The summed E-state index contributed by atoms with van der Waals surface area (Å²) in [6, 6.07) is 8.96. The van der Waals surface area contributed by atoms with Crippen LogP contribution in [0, 0.1) is 0 Å². The highest BCUT2D eigenvalue weighted by atomic mass is 19.4. The van der Waals surface area contributed by atoms with Gasteiger partial charge in [0.15, 0.2) is 0 Å². The molecule has 128 valence electrons. The van der Waals surface area contributed by atoms with Crippen molar-refractivity contribution in [2.75, 3.05) is 0 Å². The van der Waals surface area contributed by atoms with E-state index >= 15 is 0 Å². The van der Waals surface area contributed by atoms with Gasteiger partial charge >= 0.3 is 12.1 Å². The highest BCUT2D eigenvalue weighted by molar-refractivity contribution is 6.20. The predicted molar refractivity (Wildman–Crippen MR) is 76.0 cm³/mol. The van der Waals surface area contributed by atoms with Gasteiger partial charge < -0.3 is 4.84 Å². The molecule has 1 aromatic carbocycles. The van der Waals surface area contributed by atoms with Gasteiger partial charge in [0, 0.05) is 0 Å².